The fourth-order valence-corrected chi connectivity index (χ4v) is 10.5. The van der Waals surface area contributed by atoms with Gasteiger partial charge in [-0.15, -0.1) is 11.3 Å². The van der Waals surface area contributed by atoms with Gasteiger partial charge in [-0.2, -0.15) is 4.31 Å². The Kier molecular flexibility index (Phi) is 6.86. The zero-order valence-corrected chi connectivity index (χ0v) is 24.0. The second-order valence-corrected chi connectivity index (χ2v) is 16.1. The van der Waals surface area contributed by atoms with E-state index in [4.69, 9.17) is 21.1 Å². The fourth-order valence-electron chi connectivity index (χ4n) is 5.33. The van der Waals surface area contributed by atoms with Gasteiger partial charge in [0.25, 0.3) is 10.0 Å². The Labute approximate surface area is 234 Å². The molecule has 0 spiro atoms. The number of hydrogen-bond acceptors (Lipinski definition) is 9. The van der Waals surface area contributed by atoms with Gasteiger partial charge in [-0.05, 0) is 62.9 Å². The standard InChI is InChI=1S/C25H25ClFN3O6S3/c1-14-24(28-13-29-25(14)36-21-7-6-19(12-20(21)27)38(31,32)18-4-5-18)35-17-10-15-2-3-16(11-17)30(15)39(33,34)23-9-8-22(26)37-23/h6-9,12-13,15-18H,2-5,10-11H2,1H3. The minimum atomic E-state index is -3.65. The molecule has 9 nitrogen and oxygen atoms in total. The van der Waals surface area contributed by atoms with Gasteiger partial charge < -0.3 is 9.47 Å². The molecule has 208 valence electrons. The Morgan fingerprint density at radius 2 is 1.69 bits per heavy atom. The third kappa shape index (κ3) is 5.03. The van der Waals surface area contributed by atoms with E-state index in [1.807, 2.05) is 0 Å². The molecule has 3 fully saturated rings. The number of nitrogens with zero attached hydrogens (tertiary/aromatic N) is 3. The summed E-state index contributed by atoms with van der Waals surface area (Å²) in [4.78, 5) is 8.27. The van der Waals surface area contributed by atoms with E-state index in [0.29, 0.717) is 35.6 Å². The summed E-state index contributed by atoms with van der Waals surface area (Å²) in [7, 11) is -7.18. The smallest absolute Gasteiger partial charge is 0.253 e. The van der Waals surface area contributed by atoms with Crippen LogP contribution in [0.4, 0.5) is 4.39 Å². The number of thiophene rings is 1. The number of ether oxygens (including phenoxy) is 2. The van der Waals surface area contributed by atoms with Crippen LogP contribution in [0.2, 0.25) is 4.34 Å². The second kappa shape index (κ2) is 9.95. The molecule has 2 unspecified atom stereocenters. The number of benzene rings is 1. The van der Waals surface area contributed by atoms with Crippen molar-refractivity contribution in [2.75, 3.05) is 0 Å². The van der Waals surface area contributed by atoms with Gasteiger partial charge in [-0.25, -0.2) is 31.2 Å². The molecule has 2 saturated heterocycles. The van der Waals surface area contributed by atoms with Crippen molar-refractivity contribution in [1.82, 2.24) is 14.3 Å². The topological polar surface area (TPSA) is 116 Å². The van der Waals surface area contributed by atoms with Crippen LogP contribution in [0.25, 0.3) is 0 Å². The first-order valence-corrected chi connectivity index (χ1v) is 16.7. The summed E-state index contributed by atoms with van der Waals surface area (Å²) in [5.41, 5.74) is 0.446. The minimum absolute atomic E-state index is 0.0663. The highest BCUT2D eigenvalue weighted by Crippen LogP contribution is 2.43. The summed E-state index contributed by atoms with van der Waals surface area (Å²) in [5.74, 6) is -0.634. The highest BCUT2D eigenvalue weighted by atomic mass is 35.5. The molecule has 6 rings (SSSR count). The first-order valence-electron chi connectivity index (χ1n) is 12.5. The SMILES string of the molecule is Cc1c(Oc2ccc(S(=O)(=O)C3CC3)cc2F)ncnc1OC1CC2CCC(C1)N2S(=O)(=O)c1ccc(Cl)s1. The number of hydrogen-bond donors (Lipinski definition) is 0. The first-order chi connectivity index (χ1) is 18.5. The summed E-state index contributed by atoms with van der Waals surface area (Å²) >= 11 is 7.03. The summed E-state index contributed by atoms with van der Waals surface area (Å²) in [6.45, 7) is 1.68. The van der Waals surface area contributed by atoms with Crippen molar-refractivity contribution in [3.8, 4) is 17.5 Å². The fraction of sp³-hybridized carbons (Fsp3) is 0.440. The van der Waals surface area contributed by atoms with Crippen molar-refractivity contribution in [1.29, 1.82) is 0 Å². The highest BCUT2D eigenvalue weighted by Gasteiger charge is 2.48. The van der Waals surface area contributed by atoms with Gasteiger partial charge >= 0.3 is 0 Å². The van der Waals surface area contributed by atoms with Crippen LogP contribution in [0.1, 0.15) is 44.1 Å². The number of rotatable bonds is 8. The number of fused-ring (bicyclic) bond motifs is 2. The maximum atomic E-state index is 14.8. The minimum Gasteiger partial charge on any atom is -0.474 e. The van der Waals surface area contributed by atoms with Gasteiger partial charge in [0, 0.05) is 24.9 Å². The Balaban J connectivity index is 1.16. The monoisotopic (exact) mass is 613 g/mol. The third-order valence-corrected chi connectivity index (χ3v) is 13.3. The molecule has 0 amide bonds. The number of halogens is 2. The van der Waals surface area contributed by atoms with Crippen LogP contribution >= 0.6 is 22.9 Å². The number of aromatic nitrogens is 2. The van der Waals surface area contributed by atoms with Crippen molar-refractivity contribution >= 4 is 42.8 Å². The third-order valence-electron chi connectivity index (χ3n) is 7.37. The van der Waals surface area contributed by atoms with E-state index in [-0.39, 0.29) is 44.8 Å². The van der Waals surface area contributed by atoms with E-state index in [0.717, 1.165) is 30.2 Å². The molecule has 3 aliphatic rings. The van der Waals surface area contributed by atoms with Gasteiger partial charge in [0.15, 0.2) is 21.4 Å². The highest BCUT2D eigenvalue weighted by molar-refractivity contribution is 7.92. The van der Waals surface area contributed by atoms with Crippen LogP contribution in [-0.4, -0.2) is 54.5 Å². The van der Waals surface area contributed by atoms with Gasteiger partial charge in [-0.3, -0.25) is 0 Å². The largest absolute Gasteiger partial charge is 0.474 e. The quantitative estimate of drug-likeness (QED) is 0.343. The number of piperidine rings is 1. The van der Waals surface area contributed by atoms with Gasteiger partial charge in [-0.1, -0.05) is 11.6 Å². The molecule has 4 heterocycles. The Morgan fingerprint density at radius 3 is 2.31 bits per heavy atom. The summed E-state index contributed by atoms with van der Waals surface area (Å²) in [6.07, 6.45) is 4.63. The van der Waals surface area contributed by atoms with Crippen molar-refractivity contribution in [3.63, 3.8) is 0 Å². The molecule has 2 aromatic heterocycles. The van der Waals surface area contributed by atoms with Gasteiger partial charge in [0.1, 0.15) is 16.6 Å². The lowest BCUT2D eigenvalue weighted by Crippen LogP contribution is -2.49. The van der Waals surface area contributed by atoms with E-state index < -0.39 is 30.9 Å². The second-order valence-electron chi connectivity index (χ2n) is 10.0. The van der Waals surface area contributed by atoms with Crippen LogP contribution in [0.5, 0.6) is 17.5 Å². The molecule has 39 heavy (non-hydrogen) atoms. The van der Waals surface area contributed by atoms with Crippen molar-refractivity contribution in [2.45, 2.75) is 78.0 Å². The Bertz CT molecular complexity index is 1630. The van der Waals surface area contributed by atoms with Crippen molar-refractivity contribution in [2.24, 2.45) is 0 Å². The van der Waals surface area contributed by atoms with E-state index >= 15 is 0 Å². The van der Waals surface area contributed by atoms with Gasteiger partial charge in [0.05, 0.1) is 20.0 Å². The normalized spacial score (nSPS) is 23.6. The molecule has 0 radical (unpaired) electrons. The van der Waals surface area contributed by atoms with Crippen LogP contribution < -0.4 is 9.47 Å². The van der Waals surface area contributed by atoms with E-state index in [1.54, 1.807) is 23.4 Å². The average Bonchev–Trinajstić information content (AvgIpc) is 3.60. The molecule has 1 saturated carbocycles. The predicted molar refractivity (Wildman–Crippen MR) is 142 cm³/mol. The lowest BCUT2D eigenvalue weighted by molar-refractivity contribution is 0.0908. The number of sulfone groups is 1. The molecule has 14 heteroatoms. The van der Waals surface area contributed by atoms with Crippen LogP contribution in [0, 0.1) is 12.7 Å². The average molecular weight is 614 g/mol. The van der Waals surface area contributed by atoms with E-state index in [1.165, 1.54) is 18.5 Å². The van der Waals surface area contributed by atoms with Crippen molar-refractivity contribution < 1.29 is 30.7 Å². The van der Waals surface area contributed by atoms with Crippen molar-refractivity contribution in [3.05, 3.63) is 52.4 Å². The van der Waals surface area contributed by atoms with Crippen LogP contribution in [0.3, 0.4) is 0 Å². The zero-order chi connectivity index (χ0) is 27.5. The Hall–Kier alpha value is -2.32. The summed E-state index contributed by atoms with van der Waals surface area (Å²) in [6, 6.07) is 6.32. The zero-order valence-electron chi connectivity index (χ0n) is 20.8. The molecular weight excluding hydrogens is 589 g/mol. The maximum Gasteiger partial charge on any atom is 0.253 e. The molecular formula is C25H25ClFN3O6S3. The molecule has 2 atom stereocenters. The summed E-state index contributed by atoms with van der Waals surface area (Å²) < 4.78 is 80.3. The molecule has 3 aromatic rings. The van der Waals surface area contributed by atoms with Crippen LogP contribution in [-0.2, 0) is 19.9 Å². The van der Waals surface area contributed by atoms with E-state index in [2.05, 4.69) is 9.97 Å². The molecule has 2 bridgehead atoms. The lowest BCUT2D eigenvalue weighted by Gasteiger charge is -2.37. The lowest BCUT2D eigenvalue weighted by atomic mass is 10.0. The summed E-state index contributed by atoms with van der Waals surface area (Å²) in [5, 5.41) is -0.441. The molecule has 2 aliphatic heterocycles. The molecule has 1 aromatic carbocycles. The predicted octanol–water partition coefficient (Wildman–Crippen LogP) is 5.13. The number of sulfonamides is 1. The van der Waals surface area contributed by atoms with E-state index in [9.17, 15) is 21.2 Å². The van der Waals surface area contributed by atoms with Crippen LogP contribution in [0.15, 0.2) is 45.8 Å². The Morgan fingerprint density at radius 1 is 1.00 bits per heavy atom. The molecule has 0 N–H and O–H groups in total. The van der Waals surface area contributed by atoms with Gasteiger partial charge in [0.2, 0.25) is 11.8 Å². The maximum absolute atomic E-state index is 14.8. The molecule has 1 aliphatic carbocycles. The first kappa shape index (κ1) is 26.9.